The second-order valence-corrected chi connectivity index (χ2v) is 8.33. The summed E-state index contributed by atoms with van der Waals surface area (Å²) in [6.45, 7) is 0. The lowest BCUT2D eigenvalue weighted by Crippen LogP contribution is -2.26. The highest BCUT2D eigenvalue weighted by molar-refractivity contribution is 6.34. The molecule has 1 unspecified atom stereocenters. The molecule has 0 saturated carbocycles. The number of aliphatic carboxylic acids is 1. The summed E-state index contributed by atoms with van der Waals surface area (Å²) in [5.74, 6) is -1.62. The van der Waals surface area contributed by atoms with Crippen LogP contribution in [0.15, 0.2) is 72.8 Å². The van der Waals surface area contributed by atoms with Crippen molar-refractivity contribution < 1.29 is 32.5 Å². The molecule has 0 amide bonds. The average Bonchev–Trinajstić information content (AvgIpc) is 2.91. The van der Waals surface area contributed by atoms with Crippen LogP contribution in [0.25, 0.3) is 22.5 Å². The maximum Gasteiger partial charge on any atom is 0.429 e. The van der Waals surface area contributed by atoms with Crippen molar-refractivity contribution in [2.24, 2.45) is 0 Å². The predicted octanol–water partition coefficient (Wildman–Crippen LogP) is 5.13. The monoisotopic (exact) mass is 537 g/mol. The second-order valence-electron chi connectivity index (χ2n) is 8.33. The van der Waals surface area contributed by atoms with Crippen molar-refractivity contribution in [3.05, 3.63) is 83.9 Å². The maximum absolute atomic E-state index is 14.1. The molecule has 0 aliphatic heterocycles. The van der Waals surface area contributed by atoms with Gasteiger partial charge in [-0.1, -0.05) is 54.6 Å². The third-order valence-corrected chi connectivity index (χ3v) is 5.59. The van der Waals surface area contributed by atoms with Crippen LogP contribution < -0.4 is 15.2 Å². The number of methoxy groups -OCH3 is 1. The minimum absolute atomic E-state index is 0.0875. The topological polar surface area (TPSA) is 144 Å². The Morgan fingerprint density at radius 1 is 0.949 bits per heavy atom. The summed E-state index contributed by atoms with van der Waals surface area (Å²) in [5.41, 5.74) is 7.51. The molecule has 1 atom stereocenters. The number of benzene rings is 2. The minimum Gasteiger partial charge on any atom is -0.481 e. The van der Waals surface area contributed by atoms with Crippen LogP contribution in [-0.2, 0) is 11.2 Å². The summed E-state index contributed by atoms with van der Waals surface area (Å²) < 4.78 is 52.6. The van der Waals surface area contributed by atoms with Gasteiger partial charge in [0.15, 0.2) is 0 Å². The number of carboxylic acids is 1. The zero-order chi connectivity index (χ0) is 28.2. The molecule has 4 N–H and O–H groups in total. The molecule has 0 spiro atoms. The first kappa shape index (κ1) is 27.0. The van der Waals surface area contributed by atoms with E-state index in [0.717, 1.165) is 0 Å². The number of nitrogens with one attached hydrogen (secondary N) is 1. The summed E-state index contributed by atoms with van der Waals surface area (Å²) in [6.07, 6.45) is -7.20. The highest BCUT2D eigenvalue weighted by atomic mass is 19.4. The van der Waals surface area contributed by atoms with Gasteiger partial charge in [-0.2, -0.15) is 18.2 Å². The van der Waals surface area contributed by atoms with Gasteiger partial charge in [0.1, 0.15) is 5.71 Å². The van der Waals surface area contributed by atoms with Crippen LogP contribution in [0.3, 0.4) is 0 Å². The predicted molar refractivity (Wildman–Crippen MR) is 137 cm³/mol. The van der Waals surface area contributed by atoms with Gasteiger partial charge in [-0.3, -0.25) is 5.41 Å². The summed E-state index contributed by atoms with van der Waals surface area (Å²) in [6, 6.07) is 18.3. The molecule has 0 aliphatic rings. The molecule has 39 heavy (non-hydrogen) atoms. The van der Waals surface area contributed by atoms with Crippen molar-refractivity contribution >= 4 is 17.6 Å². The van der Waals surface area contributed by atoms with Gasteiger partial charge in [-0.05, 0) is 11.6 Å². The zero-order valence-electron chi connectivity index (χ0n) is 20.4. The fourth-order valence-electron chi connectivity index (χ4n) is 3.69. The molecule has 4 aromatic rings. The maximum atomic E-state index is 14.1. The number of nitrogens with two attached hydrogens (primary N) is 1. The molecule has 200 valence electrons. The van der Waals surface area contributed by atoms with Gasteiger partial charge >= 0.3 is 12.1 Å². The Balaban J connectivity index is 1.59. The molecule has 2 aromatic heterocycles. The molecule has 0 aliphatic carbocycles. The Bertz CT molecular complexity index is 1490. The lowest BCUT2D eigenvalue weighted by Gasteiger charge is -2.22. The van der Waals surface area contributed by atoms with Crippen molar-refractivity contribution in [2.75, 3.05) is 12.8 Å². The highest BCUT2D eigenvalue weighted by Crippen LogP contribution is 2.38. The molecule has 0 saturated heterocycles. The molecule has 0 bridgehead atoms. The van der Waals surface area contributed by atoms with Gasteiger partial charge in [-0.15, -0.1) is 0 Å². The van der Waals surface area contributed by atoms with Crippen molar-refractivity contribution in [2.45, 2.75) is 18.7 Å². The Morgan fingerprint density at radius 3 is 2.21 bits per heavy atom. The number of anilines is 1. The molecule has 4 rings (SSSR count). The number of halogens is 3. The van der Waals surface area contributed by atoms with E-state index in [1.54, 1.807) is 42.5 Å². The van der Waals surface area contributed by atoms with Crippen LogP contribution in [0.5, 0.6) is 11.8 Å². The van der Waals surface area contributed by atoms with E-state index in [1.165, 1.54) is 37.4 Å². The number of carboxylic acid groups (broad SMARTS) is 1. The number of hydrogen-bond donors (Lipinski definition) is 3. The van der Waals surface area contributed by atoms with Crippen molar-refractivity contribution in [3.63, 3.8) is 0 Å². The third kappa shape index (κ3) is 6.66. The fraction of sp³-hybridized carbons (Fsp3) is 0.148. The number of carbonyl (C=O) groups is 1. The fourth-order valence-corrected chi connectivity index (χ4v) is 3.69. The van der Waals surface area contributed by atoms with Crippen LogP contribution in [0, 0.1) is 5.41 Å². The zero-order valence-corrected chi connectivity index (χ0v) is 20.4. The van der Waals surface area contributed by atoms with Crippen LogP contribution in [-0.4, -0.2) is 45.0 Å². The molecule has 9 nitrogen and oxygen atoms in total. The van der Waals surface area contributed by atoms with Gasteiger partial charge < -0.3 is 20.3 Å². The SMILES string of the molecule is COc1cccc(-c2ccc(C(Oc3cc(-c4ccc(CC(=N)C(=O)O)cc4)nc(N)n3)C(F)(F)F)cc2)n1. The van der Waals surface area contributed by atoms with E-state index < -0.39 is 24.0 Å². The van der Waals surface area contributed by atoms with Gasteiger partial charge in [0, 0.05) is 35.2 Å². The Kier molecular flexibility index (Phi) is 7.75. The van der Waals surface area contributed by atoms with E-state index in [9.17, 15) is 18.0 Å². The second kappa shape index (κ2) is 11.2. The lowest BCUT2D eigenvalue weighted by molar-refractivity contribution is -0.198. The van der Waals surface area contributed by atoms with Crippen LogP contribution in [0.2, 0.25) is 0 Å². The van der Waals surface area contributed by atoms with Crippen molar-refractivity contribution in [1.82, 2.24) is 15.0 Å². The van der Waals surface area contributed by atoms with Gasteiger partial charge in [0.25, 0.3) is 0 Å². The van der Waals surface area contributed by atoms with Crippen LogP contribution in [0.4, 0.5) is 19.1 Å². The first-order valence-corrected chi connectivity index (χ1v) is 11.4. The quantitative estimate of drug-likeness (QED) is 0.249. The molecule has 2 heterocycles. The number of hydrogen-bond acceptors (Lipinski definition) is 8. The van der Waals surface area contributed by atoms with Crippen molar-refractivity contribution in [1.29, 1.82) is 5.41 Å². The molecule has 12 heteroatoms. The van der Waals surface area contributed by atoms with Gasteiger partial charge in [-0.25, -0.2) is 14.8 Å². The number of nitrogens with zero attached hydrogens (tertiary/aromatic N) is 3. The van der Waals surface area contributed by atoms with E-state index in [-0.39, 0.29) is 29.5 Å². The van der Waals surface area contributed by atoms with Gasteiger partial charge in [0.2, 0.25) is 23.8 Å². The molecule has 0 radical (unpaired) electrons. The van der Waals surface area contributed by atoms with E-state index in [2.05, 4.69) is 15.0 Å². The van der Waals surface area contributed by atoms with E-state index in [4.69, 9.17) is 25.7 Å². The minimum atomic E-state index is -4.77. The smallest absolute Gasteiger partial charge is 0.429 e. The first-order valence-electron chi connectivity index (χ1n) is 11.4. The number of pyridine rings is 1. The normalized spacial score (nSPS) is 12.0. The summed E-state index contributed by atoms with van der Waals surface area (Å²) in [5, 5.41) is 16.3. The van der Waals surface area contributed by atoms with E-state index in [0.29, 0.717) is 28.3 Å². The highest BCUT2D eigenvalue weighted by Gasteiger charge is 2.43. The number of alkyl halides is 3. The Hall–Kier alpha value is -5.00. The lowest BCUT2D eigenvalue weighted by atomic mass is 10.0. The largest absolute Gasteiger partial charge is 0.481 e. The van der Waals surface area contributed by atoms with Crippen LogP contribution >= 0.6 is 0 Å². The Morgan fingerprint density at radius 2 is 1.59 bits per heavy atom. The van der Waals surface area contributed by atoms with E-state index >= 15 is 0 Å². The first-order chi connectivity index (χ1) is 18.5. The summed E-state index contributed by atoms with van der Waals surface area (Å²) in [4.78, 5) is 23.1. The van der Waals surface area contributed by atoms with Gasteiger partial charge in [0.05, 0.1) is 18.5 Å². The summed E-state index contributed by atoms with van der Waals surface area (Å²) >= 11 is 0. The standard InChI is InChI=1S/C27H22F3N5O4/c1-38-22-4-2-3-20(33-22)16-9-11-18(12-10-16)24(27(28,29)30)39-23-14-21(34-26(32)35-23)17-7-5-15(6-8-17)13-19(31)25(36)37/h2-12,14,24,31H,13H2,1H3,(H,36,37)(H2,32,34,35). The molecule has 2 aromatic carbocycles. The van der Waals surface area contributed by atoms with Crippen molar-refractivity contribution in [3.8, 4) is 34.3 Å². The third-order valence-electron chi connectivity index (χ3n) is 5.59. The number of ether oxygens (including phenoxy) is 2. The number of rotatable bonds is 9. The van der Waals surface area contributed by atoms with E-state index in [1.807, 2.05) is 0 Å². The average molecular weight is 537 g/mol. The number of aromatic nitrogens is 3. The molecular weight excluding hydrogens is 515 g/mol. The van der Waals surface area contributed by atoms with Crippen LogP contribution in [0.1, 0.15) is 17.2 Å². The molecular formula is C27H22F3N5O4. The number of nitrogen functional groups attached to an aromatic ring is 1. The molecule has 0 fully saturated rings. The Labute approximate surface area is 220 Å². The summed E-state index contributed by atoms with van der Waals surface area (Å²) in [7, 11) is 1.47.